The first-order chi connectivity index (χ1) is 10.1. The Labute approximate surface area is 127 Å². The van der Waals surface area contributed by atoms with Crippen molar-refractivity contribution < 1.29 is 14.3 Å². The Hall–Kier alpha value is -2.33. The van der Waals surface area contributed by atoms with Crippen molar-refractivity contribution >= 4 is 23.5 Å². The van der Waals surface area contributed by atoms with Gasteiger partial charge in [0.05, 0.1) is 5.56 Å². The minimum Gasteiger partial charge on any atom is -0.452 e. The number of amides is 1. The molecule has 0 unspecified atom stereocenters. The third-order valence-electron chi connectivity index (χ3n) is 2.75. The van der Waals surface area contributed by atoms with Gasteiger partial charge in [0.25, 0.3) is 5.91 Å². The Kier molecular flexibility index (Phi) is 5.35. The molecule has 0 aromatic heterocycles. The number of hydrogen-bond acceptors (Lipinski definition) is 3. The van der Waals surface area contributed by atoms with Gasteiger partial charge in [0.1, 0.15) is 0 Å². The van der Waals surface area contributed by atoms with Crippen LogP contribution in [0.15, 0.2) is 54.6 Å². The Balaban J connectivity index is 1.75. The monoisotopic (exact) mass is 303 g/mol. The highest BCUT2D eigenvalue weighted by atomic mass is 35.5. The molecule has 0 spiro atoms. The van der Waals surface area contributed by atoms with Gasteiger partial charge >= 0.3 is 5.97 Å². The first-order valence-electron chi connectivity index (χ1n) is 6.38. The fraction of sp³-hybridized carbons (Fsp3) is 0.125. The van der Waals surface area contributed by atoms with Crippen LogP contribution in [0.2, 0.25) is 5.02 Å². The molecule has 5 heteroatoms. The van der Waals surface area contributed by atoms with E-state index in [0.29, 0.717) is 17.1 Å². The van der Waals surface area contributed by atoms with Gasteiger partial charge in [-0.2, -0.15) is 0 Å². The summed E-state index contributed by atoms with van der Waals surface area (Å²) in [4.78, 5) is 23.2. The highest BCUT2D eigenvalue weighted by Crippen LogP contribution is 2.09. The number of halogens is 1. The standard InChI is InChI=1S/C16H14ClNO3/c17-14-8-6-12(7-9-14)10-18-15(19)11-21-16(20)13-4-2-1-3-5-13/h1-9H,10-11H2,(H,18,19). The molecule has 1 N–H and O–H groups in total. The van der Waals surface area contributed by atoms with Crippen molar-refractivity contribution in [3.05, 3.63) is 70.7 Å². The molecule has 0 aliphatic carbocycles. The Morgan fingerprint density at radius 3 is 2.33 bits per heavy atom. The van der Waals surface area contributed by atoms with Crippen LogP contribution in [0.3, 0.4) is 0 Å². The van der Waals surface area contributed by atoms with E-state index in [1.54, 1.807) is 42.5 Å². The van der Waals surface area contributed by atoms with Gasteiger partial charge in [-0.25, -0.2) is 4.79 Å². The molecule has 0 radical (unpaired) electrons. The summed E-state index contributed by atoms with van der Waals surface area (Å²) in [5.41, 5.74) is 1.34. The van der Waals surface area contributed by atoms with Crippen LogP contribution in [0.1, 0.15) is 15.9 Å². The Morgan fingerprint density at radius 1 is 1.00 bits per heavy atom. The minimum absolute atomic E-state index is 0.304. The van der Waals surface area contributed by atoms with Gasteiger partial charge in [0.15, 0.2) is 6.61 Å². The van der Waals surface area contributed by atoms with Gasteiger partial charge in [0, 0.05) is 11.6 Å². The summed E-state index contributed by atoms with van der Waals surface area (Å²) in [5.74, 6) is -0.869. The molecule has 0 bridgehead atoms. The lowest BCUT2D eigenvalue weighted by Crippen LogP contribution is -2.28. The molecule has 2 rings (SSSR count). The third kappa shape index (κ3) is 4.93. The van der Waals surface area contributed by atoms with E-state index >= 15 is 0 Å². The van der Waals surface area contributed by atoms with Gasteiger partial charge in [-0.3, -0.25) is 4.79 Å². The molecule has 0 saturated carbocycles. The van der Waals surface area contributed by atoms with Crippen molar-refractivity contribution in [2.75, 3.05) is 6.61 Å². The van der Waals surface area contributed by atoms with Gasteiger partial charge < -0.3 is 10.1 Å². The predicted octanol–water partition coefficient (Wildman–Crippen LogP) is 2.81. The molecular weight excluding hydrogens is 290 g/mol. The first-order valence-corrected chi connectivity index (χ1v) is 6.76. The number of carbonyl (C=O) groups excluding carboxylic acids is 2. The van der Waals surface area contributed by atoms with E-state index in [-0.39, 0.29) is 12.5 Å². The van der Waals surface area contributed by atoms with Gasteiger partial charge in [-0.15, -0.1) is 0 Å². The van der Waals surface area contributed by atoms with E-state index in [2.05, 4.69) is 5.32 Å². The molecule has 2 aromatic rings. The summed E-state index contributed by atoms with van der Waals surface area (Å²) in [7, 11) is 0. The summed E-state index contributed by atoms with van der Waals surface area (Å²) in [6.07, 6.45) is 0. The average Bonchev–Trinajstić information content (AvgIpc) is 2.53. The van der Waals surface area contributed by atoms with Crippen LogP contribution >= 0.6 is 11.6 Å². The van der Waals surface area contributed by atoms with E-state index in [4.69, 9.17) is 16.3 Å². The first kappa shape index (κ1) is 15.1. The van der Waals surface area contributed by atoms with E-state index in [0.717, 1.165) is 5.56 Å². The number of rotatable bonds is 5. The van der Waals surface area contributed by atoms with Crippen molar-refractivity contribution in [3.8, 4) is 0 Å². The van der Waals surface area contributed by atoms with Crippen LogP contribution in [-0.2, 0) is 16.1 Å². The third-order valence-corrected chi connectivity index (χ3v) is 3.00. The fourth-order valence-electron chi connectivity index (χ4n) is 1.64. The van der Waals surface area contributed by atoms with Crippen molar-refractivity contribution in [2.45, 2.75) is 6.54 Å². The molecule has 108 valence electrons. The maximum atomic E-state index is 11.6. The largest absolute Gasteiger partial charge is 0.452 e. The zero-order chi connectivity index (χ0) is 15.1. The molecule has 0 aliphatic heterocycles. The van der Waals surface area contributed by atoms with Gasteiger partial charge in [-0.05, 0) is 29.8 Å². The van der Waals surface area contributed by atoms with Crippen molar-refractivity contribution in [1.29, 1.82) is 0 Å². The lowest BCUT2D eigenvalue weighted by atomic mass is 10.2. The smallest absolute Gasteiger partial charge is 0.338 e. The van der Waals surface area contributed by atoms with Gasteiger partial charge in [0.2, 0.25) is 0 Å². The molecule has 4 nitrogen and oxygen atoms in total. The topological polar surface area (TPSA) is 55.4 Å². The second-order valence-corrected chi connectivity index (χ2v) is 4.78. The van der Waals surface area contributed by atoms with Crippen LogP contribution in [0.4, 0.5) is 0 Å². The molecule has 0 heterocycles. The molecule has 0 aliphatic rings. The molecule has 21 heavy (non-hydrogen) atoms. The summed E-state index contributed by atoms with van der Waals surface area (Å²) >= 11 is 5.77. The van der Waals surface area contributed by atoms with E-state index in [1.165, 1.54) is 0 Å². The number of esters is 1. The van der Waals surface area contributed by atoms with Gasteiger partial charge in [-0.1, -0.05) is 41.9 Å². The quantitative estimate of drug-likeness (QED) is 0.864. The van der Waals surface area contributed by atoms with E-state index in [9.17, 15) is 9.59 Å². The number of ether oxygens (including phenoxy) is 1. The highest BCUT2D eigenvalue weighted by molar-refractivity contribution is 6.30. The van der Waals surface area contributed by atoms with Crippen molar-refractivity contribution in [3.63, 3.8) is 0 Å². The molecule has 1 amide bonds. The molecule has 0 fully saturated rings. The zero-order valence-corrected chi connectivity index (χ0v) is 12.0. The number of nitrogens with one attached hydrogen (secondary N) is 1. The molecule has 0 saturated heterocycles. The fourth-order valence-corrected chi connectivity index (χ4v) is 1.77. The zero-order valence-electron chi connectivity index (χ0n) is 11.2. The van der Waals surface area contributed by atoms with Crippen LogP contribution in [0.5, 0.6) is 0 Å². The highest BCUT2D eigenvalue weighted by Gasteiger charge is 2.09. The van der Waals surface area contributed by atoms with Crippen LogP contribution < -0.4 is 5.32 Å². The van der Waals surface area contributed by atoms with E-state index in [1.807, 2.05) is 12.1 Å². The Bertz CT molecular complexity index is 611. The molecule has 2 aromatic carbocycles. The van der Waals surface area contributed by atoms with Crippen molar-refractivity contribution in [2.24, 2.45) is 0 Å². The van der Waals surface area contributed by atoms with Crippen molar-refractivity contribution in [1.82, 2.24) is 5.32 Å². The number of carbonyl (C=O) groups is 2. The lowest BCUT2D eigenvalue weighted by molar-refractivity contribution is -0.124. The molecule has 0 atom stereocenters. The summed E-state index contributed by atoms with van der Waals surface area (Å²) in [5, 5.41) is 3.31. The summed E-state index contributed by atoms with van der Waals surface area (Å²) in [6, 6.07) is 15.7. The molecular formula is C16H14ClNO3. The second-order valence-electron chi connectivity index (χ2n) is 4.35. The van der Waals surface area contributed by atoms with Crippen LogP contribution in [0.25, 0.3) is 0 Å². The summed E-state index contributed by atoms with van der Waals surface area (Å²) in [6.45, 7) is 0.0558. The normalized spacial score (nSPS) is 9.95. The summed E-state index contributed by atoms with van der Waals surface area (Å²) < 4.78 is 4.93. The average molecular weight is 304 g/mol. The predicted molar refractivity (Wildman–Crippen MR) is 80.0 cm³/mol. The SMILES string of the molecule is O=C(COC(=O)c1ccccc1)NCc1ccc(Cl)cc1. The second kappa shape index (κ2) is 7.45. The van der Waals surface area contributed by atoms with Crippen LogP contribution in [-0.4, -0.2) is 18.5 Å². The Morgan fingerprint density at radius 2 is 1.67 bits per heavy atom. The maximum Gasteiger partial charge on any atom is 0.338 e. The van der Waals surface area contributed by atoms with E-state index < -0.39 is 5.97 Å². The lowest BCUT2D eigenvalue weighted by Gasteiger charge is -2.07. The van der Waals surface area contributed by atoms with Crippen LogP contribution in [0, 0.1) is 0 Å². The number of hydrogen-bond donors (Lipinski definition) is 1. The maximum absolute atomic E-state index is 11.6. The number of benzene rings is 2. The minimum atomic E-state index is -0.516.